The average molecular weight is 230 g/mol. The Kier molecular flexibility index (Phi) is 3.06. The van der Waals surface area contributed by atoms with Crippen LogP contribution in [0.25, 0.3) is 0 Å². The number of benzene rings is 1. The van der Waals surface area contributed by atoms with Crippen molar-refractivity contribution in [2.75, 3.05) is 5.32 Å². The first kappa shape index (κ1) is 11.1. The van der Waals surface area contributed by atoms with Crippen molar-refractivity contribution in [3.8, 4) is 6.07 Å². The number of aromatic nitrogens is 2. The van der Waals surface area contributed by atoms with Crippen LogP contribution >= 0.6 is 0 Å². The first-order valence-electron chi connectivity index (χ1n) is 5.10. The minimum atomic E-state index is -0.423. The van der Waals surface area contributed by atoms with E-state index in [4.69, 9.17) is 5.26 Å². The van der Waals surface area contributed by atoms with Crippen LogP contribution in [0.3, 0.4) is 0 Å². The number of nitrogens with one attached hydrogen (secondary N) is 1. The Labute approximate surface area is 98.3 Å². The molecular weight excluding hydrogens is 219 g/mol. The van der Waals surface area contributed by atoms with Gasteiger partial charge >= 0.3 is 0 Å². The van der Waals surface area contributed by atoms with E-state index in [2.05, 4.69) is 10.4 Å². The number of aryl methyl sites for hydroxylation is 1. The molecule has 0 saturated carbocycles. The molecule has 2 aromatic rings. The quantitative estimate of drug-likeness (QED) is 0.877. The van der Waals surface area contributed by atoms with Crippen LogP contribution in [0.15, 0.2) is 30.6 Å². The van der Waals surface area contributed by atoms with Gasteiger partial charge in [0, 0.05) is 25.4 Å². The maximum absolute atomic E-state index is 13.5. The summed E-state index contributed by atoms with van der Waals surface area (Å²) in [6.45, 7) is 0.497. The molecule has 1 aromatic heterocycles. The maximum Gasteiger partial charge on any atom is 0.147 e. The molecular formula is C12H11FN4. The second kappa shape index (κ2) is 4.66. The summed E-state index contributed by atoms with van der Waals surface area (Å²) >= 11 is 0. The second-order valence-electron chi connectivity index (χ2n) is 3.68. The number of halogens is 1. The number of anilines is 1. The smallest absolute Gasteiger partial charge is 0.147 e. The molecule has 0 unspecified atom stereocenters. The fourth-order valence-corrected chi connectivity index (χ4v) is 1.49. The summed E-state index contributed by atoms with van der Waals surface area (Å²) in [5.74, 6) is -0.423. The largest absolute Gasteiger partial charge is 0.378 e. The molecule has 0 radical (unpaired) electrons. The SMILES string of the molecule is Cn1cc(CNc2ccc(C#N)cc2F)cn1. The van der Waals surface area contributed by atoms with Gasteiger partial charge in [0.1, 0.15) is 5.82 Å². The standard InChI is InChI=1S/C12H11FN4/c1-17-8-10(7-16-17)6-15-12-3-2-9(5-14)4-11(12)13/h2-4,7-8,15H,6H2,1H3. The number of nitriles is 1. The van der Waals surface area contributed by atoms with Crippen molar-refractivity contribution < 1.29 is 4.39 Å². The van der Waals surface area contributed by atoms with Crippen molar-refractivity contribution in [1.29, 1.82) is 5.26 Å². The molecule has 1 aromatic carbocycles. The van der Waals surface area contributed by atoms with Crippen molar-refractivity contribution in [3.63, 3.8) is 0 Å². The summed E-state index contributed by atoms with van der Waals surface area (Å²) in [7, 11) is 1.83. The molecule has 0 aliphatic carbocycles. The van der Waals surface area contributed by atoms with E-state index in [1.807, 2.05) is 19.3 Å². The zero-order chi connectivity index (χ0) is 12.3. The summed E-state index contributed by atoms with van der Waals surface area (Å²) in [5, 5.41) is 15.6. The Morgan fingerprint density at radius 1 is 1.53 bits per heavy atom. The highest BCUT2D eigenvalue weighted by Crippen LogP contribution is 2.16. The van der Waals surface area contributed by atoms with Gasteiger partial charge in [0.25, 0.3) is 0 Å². The molecule has 0 spiro atoms. The lowest BCUT2D eigenvalue weighted by Crippen LogP contribution is -2.00. The van der Waals surface area contributed by atoms with Gasteiger partial charge in [-0.3, -0.25) is 4.68 Å². The maximum atomic E-state index is 13.5. The molecule has 0 bridgehead atoms. The summed E-state index contributed by atoms with van der Waals surface area (Å²) in [6.07, 6.45) is 3.57. The molecule has 0 fully saturated rings. The fourth-order valence-electron chi connectivity index (χ4n) is 1.49. The third-order valence-electron chi connectivity index (χ3n) is 2.34. The van der Waals surface area contributed by atoms with E-state index in [1.165, 1.54) is 6.07 Å². The molecule has 0 aliphatic rings. The number of hydrogen-bond donors (Lipinski definition) is 1. The zero-order valence-corrected chi connectivity index (χ0v) is 9.31. The molecule has 0 atom stereocenters. The molecule has 1 heterocycles. The fraction of sp³-hybridized carbons (Fsp3) is 0.167. The lowest BCUT2D eigenvalue weighted by Gasteiger charge is -2.05. The third-order valence-corrected chi connectivity index (χ3v) is 2.34. The number of nitrogens with zero attached hydrogens (tertiary/aromatic N) is 3. The molecule has 1 N–H and O–H groups in total. The molecule has 5 heteroatoms. The summed E-state index contributed by atoms with van der Waals surface area (Å²) < 4.78 is 15.2. The number of hydrogen-bond acceptors (Lipinski definition) is 3. The molecule has 0 aliphatic heterocycles. The van der Waals surface area contributed by atoms with Crippen LogP contribution in [0.1, 0.15) is 11.1 Å². The van der Waals surface area contributed by atoms with Gasteiger partial charge in [-0.15, -0.1) is 0 Å². The Morgan fingerprint density at radius 2 is 2.35 bits per heavy atom. The van der Waals surface area contributed by atoms with Gasteiger partial charge < -0.3 is 5.32 Å². The van der Waals surface area contributed by atoms with Crippen molar-refractivity contribution >= 4 is 5.69 Å². The van der Waals surface area contributed by atoms with Gasteiger partial charge in [-0.2, -0.15) is 10.4 Å². The van der Waals surface area contributed by atoms with Crippen LogP contribution in [0.2, 0.25) is 0 Å². The van der Waals surface area contributed by atoms with E-state index < -0.39 is 5.82 Å². The van der Waals surface area contributed by atoms with Gasteiger partial charge in [0.05, 0.1) is 23.5 Å². The lowest BCUT2D eigenvalue weighted by molar-refractivity contribution is 0.629. The van der Waals surface area contributed by atoms with Crippen molar-refractivity contribution in [3.05, 3.63) is 47.5 Å². The molecule has 17 heavy (non-hydrogen) atoms. The van der Waals surface area contributed by atoms with E-state index in [0.717, 1.165) is 5.56 Å². The Bertz CT molecular complexity index is 568. The van der Waals surface area contributed by atoms with Crippen LogP contribution < -0.4 is 5.32 Å². The van der Waals surface area contributed by atoms with Crippen molar-refractivity contribution in [1.82, 2.24) is 9.78 Å². The number of rotatable bonds is 3. The molecule has 0 saturated heterocycles. The van der Waals surface area contributed by atoms with E-state index in [9.17, 15) is 4.39 Å². The van der Waals surface area contributed by atoms with E-state index in [1.54, 1.807) is 23.0 Å². The van der Waals surface area contributed by atoms with E-state index >= 15 is 0 Å². The van der Waals surface area contributed by atoms with Gasteiger partial charge in [-0.1, -0.05) is 0 Å². The average Bonchev–Trinajstić information content (AvgIpc) is 2.73. The van der Waals surface area contributed by atoms with Crippen LogP contribution in [0, 0.1) is 17.1 Å². The Morgan fingerprint density at radius 3 is 2.94 bits per heavy atom. The topological polar surface area (TPSA) is 53.6 Å². The monoisotopic (exact) mass is 230 g/mol. The Hall–Kier alpha value is -2.35. The van der Waals surface area contributed by atoms with Gasteiger partial charge in [-0.05, 0) is 18.2 Å². The normalized spacial score (nSPS) is 9.94. The first-order valence-corrected chi connectivity index (χ1v) is 5.10. The summed E-state index contributed by atoms with van der Waals surface area (Å²) in [5.41, 5.74) is 1.67. The molecule has 2 rings (SSSR count). The minimum Gasteiger partial charge on any atom is -0.378 e. The van der Waals surface area contributed by atoms with Crippen LogP contribution in [-0.4, -0.2) is 9.78 Å². The molecule has 86 valence electrons. The highest BCUT2D eigenvalue weighted by molar-refractivity contribution is 5.48. The van der Waals surface area contributed by atoms with E-state index in [0.29, 0.717) is 17.8 Å². The van der Waals surface area contributed by atoms with Crippen molar-refractivity contribution in [2.24, 2.45) is 7.05 Å². The van der Waals surface area contributed by atoms with Gasteiger partial charge in [0.15, 0.2) is 0 Å². The first-order chi connectivity index (χ1) is 8.19. The van der Waals surface area contributed by atoms with Crippen LogP contribution in [0.5, 0.6) is 0 Å². The van der Waals surface area contributed by atoms with Crippen LogP contribution in [0.4, 0.5) is 10.1 Å². The third kappa shape index (κ3) is 2.61. The van der Waals surface area contributed by atoms with Gasteiger partial charge in [0.2, 0.25) is 0 Å². The highest BCUT2D eigenvalue weighted by Gasteiger charge is 2.03. The lowest BCUT2D eigenvalue weighted by atomic mass is 10.2. The molecule has 0 amide bonds. The second-order valence-corrected chi connectivity index (χ2v) is 3.68. The Balaban J connectivity index is 2.07. The predicted octanol–water partition coefficient (Wildman–Crippen LogP) is 2.04. The molecule has 4 nitrogen and oxygen atoms in total. The van der Waals surface area contributed by atoms with Crippen LogP contribution in [-0.2, 0) is 13.6 Å². The summed E-state index contributed by atoms with van der Waals surface area (Å²) in [4.78, 5) is 0. The van der Waals surface area contributed by atoms with E-state index in [-0.39, 0.29) is 0 Å². The minimum absolute atomic E-state index is 0.314. The highest BCUT2D eigenvalue weighted by atomic mass is 19.1. The zero-order valence-electron chi connectivity index (χ0n) is 9.31. The van der Waals surface area contributed by atoms with Gasteiger partial charge in [-0.25, -0.2) is 4.39 Å². The predicted molar refractivity (Wildman–Crippen MR) is 61.6 cm³/mol. The van der Waals surface area contributed by atoms with Crippen molar-refractivity contribution in [2.45, 2.75) is 6.54 Å². The summed E-state index contributed by atoms with van der Waals surface area (Å²) in [6, 6.07) is 6.24.